The molecule has 0 radical (unpaired) electrons. The van der Waals surface area contributed by atoms with Crippen molar-refractivity contribution in [2.75, 3.05) is 14.7 Å². The van der Waals surface area contributed by atoms with E-state index in [9.17, 15) is 0 Å². The summed E-state index contributed by atoms with van der Waals surface area (Å²) in [7, 11) is 0. The third-order valence-electron chi connectivity index (χ3n) is 13.8. The van der Waals surface area contributed by atoms with Gasteiger partial charge in [-0.1, -0.05) is 188 Å². The van der Waals surface area contributed by atoms with Crippen molar-refractivity contribution >= 4 is 94.5 Å². The molecule has 1 heterocycles. The van der Waals surface area contributed by atoms with E-state index in [1.807, 2.05) is 0 Å². The van der Waals surface area contributed by atoms with Gasteiger partial charge in [-0.2, -0.15) is 0 Å². The molecule has 5 heteroatoms. The molecule has 0 bridgehead atoms. The van der Waals surface area contributed by atoms with Gasteiger partial charge in [-0.25, -0.2) is 9.97 Å². The molecule has 344 valence electrons. The van der Waals surface area contributed by atoms with Crippen molar-refractivity contribution in [3.05, 3.63) is 285 Å². The molecular weight excluding hydrogens is 887 g/mol. The van der Waals surface area contributed by atoms with Crippen LogP contribution in [0.3, 0.4) is 0 Å². The first-order valence-corrected chi connectivity index (χ1v) is 24.7. The monoisotopic (exact) mass is 933 g/mol. The minimum atomic E-state index is 0.797. The van der Waals surface area contributed by atoms with E-state index in [4.69, 9.17) is 9.97 Å². The highest BCUT2D eigenvalue weighted by Crippen LogP contribution is 2.44. The number of para-hydroxylation sites is 3. The van der Waals surface area contributed by atoms with Gasteiger partial charge in [-0.3, -0.25) is 0 Å². The molecule has 0 N–H and O–H groups in total. The lowest BCUT2D eigenvalue weighted by Crippen LogP contribution is -2.11. The number of benzene rings is 12. The first-order chi connectivity index (χ1) is 36.2. The number of aromatic nitrogens is 2. The summed E-state index contributed by atoms with van der Waals surface area (Å²) < 4.78 is 0. The molecule has 73 heavy (non-hydrogen) atoms. The van der Waals surface area contributed by atoms with E-state index in [2.05, 4.69) is 300 Å². The topological polar surface area (TPSA) is 35.5 Å². The van der Waals surface area contributed by atoms with E-state index in [0.717, 1.165) is 84.7 Å². The maximum Gasteiger partial charge on any atom is 0.0973 e. The summed E-state index contributed by atoms with van der Waals surface area (Å²) in [6.07, 6.45) is 0. The zero-order valence-electron chi connectivity index (χ0n) is 39.9. The van der Waals surface area contributed by atoms with Crippen LogP contribution in [0.15, 0.2) is 285 Å². The van der Waals surface area contributed by atoms with Crippen LogP contribution in [0.2, 0.25) is 0 Å². The second-order valence-corrected chi connectivity index (χ2v) is 18.2. The molecule has 0 unspecified atom stereocenters. The van der Waals surface area contributed by atoms with Crippen molar-refractivity contribution in [2.45, 2.75) is 0 Å². The fourth-order valence-corrected chi connectivity index (χ4v) is 10.3. The molecule has 5 nitrogen and oxygen atoms in total. The normalized spacial score (nSPS) is 11.3. The van der Waals surface area contributed by atoms with Crippen molar-refractivity contribution in [2.24, 2.45) is 0 Å². The Morgan fingerprint density at radius 3 is 0.918 bits per heavy atom. The summed E-state index contributed by atoms with van der Waals surface area (Å²) in [6, 6.07) is 101. The Labute approximate surface area is 424 Å². The van der Waals surface area contributed by atoms with Gasteiger partial charge in [0.1, 0.15) is 0 Å². The minimum absolute atomic E-state index is 0.797. The van der Waals surface area contributed by atoms with Gasteiger partial charge in [-0.05, 0) is 113 Å². The number of fused-ring (bicyclic) bond motifs is 4. The Balaban J connectivity index is 0.972. The summed E-state index contributed by atoms with van der Waals surface area (Å²) in [5, 5.41) is 7.09. The predicted octanol–water partition coefficient (Wildman–Crippen LogP) is 18.8. The molecule has 13 aromatic rings. The van der Waals surface area contributed by atoms with Crippen LogP contribution in [0, 0.1) is 0 Å². The predicted molar refractivity (Wildman–Crippen MR) is 307 cm³/mol. The number of rotatable bonds is 11. The number of hydrogen-bond donors (Lipinski definition) is 0. The highest BCUT2D eigenvalue weighted by atomic mass is 15.2. The summed E-state index contributed by atoms with van der Waals surface area (Å²) in [5.74, 6) is 0. The molecule has 0 aliphatic carbocycles. The van der Waals surface area contributed by atoms with Gasteiger partial charge in [0.05, 0.1) is 39.5 Å². The first kappa shape index (κ1) is 43.2. The van der Waals surface area contributed by atoms with Gasteiger partial charge < -0.3 is 14.7 Å². The molecule has 0 aliphatic rings. The Morgan fingerprint density at radius 1 is 0.219 bits per heavy atom. The van der Waals surface area contributed by atoms with Crippen LogP contribution in [0.4, 0.5) is 51.2 Å². The lowest BCUT2D eigenvalue weighted by atomic mass is 10.0. The molecule has 0 aliphatic heterocycles. The maximum absolute atomic E-state index is 5.62. The molecule has 13 rings (SSSR count). The van der Waals surface area contributed by atoms with Crippen LogP contribution in [0.25, 0.3) is 65.9 Å². The molecule has 0 atom stereocenters. The Bertz CT molecular complexity index is 4070. The van der Waals surface area contributed by atoms with Gasteiger partial charge in [-0.15, -0.1) is 0 Å². The SMILES string of the molecule is c1ccc(N(c2ccc(-c3nc4ccc(N(c5ccccc5)c5cccc6ccccc56)cc4nc3-c3ccc(N(c4ccccc4)c4cccc5ccccc45)cc3)cc2)c2cccc3ccccc23)cc1. The Morgan fingerprint density at radius 2 is 0.521 bits per heavy atom. The molecular formula is C68H47N5. The second-order valence-electron chi connectivity index (χ2n) is 18.2. The fraction of sp³-hybridized carbons (Fsp3) is 0. The van der Waals surface area contributed by atoms with Gasteiger partial charge in [0.25, 0.3) is 0 Å². The fourth-order valence-electron chi connectivity index (χ4n) is 10.3. The van der Waals surface area contributed by atoms with E-state index < -0.39 is 0 Å². The largest absolute Gasteiger partial charge is 0.310 e. The Kier molecular flexibility index (Phi) is 11.1. The van der Waals surface area contributed by atoms with Gasteiger partial charge in [0, 0.05) is 61.4 Å². The lowest BCUT2D eigenvalue weighted by molar-refractivity contribution is 1.26. The van der Waals surface area contributed by atoms with Crippen LogP contribution in [0.1, 0.15) is 0 Å². The van der Waals surface area contributed by atoms with Gasteiger partial charge in [0.15, 0.2) is 0 Å². The highest BCUT2D eigenvalue weighted by molar-refractivity contribution is 6.02. The average Bonchev–Trinajstić information content (AvgIpc) is 3.46. The zero-order chi connectivity index (χ0) is 48.5. The van der Waals surface area contributed by atoms with Crippen molar-refractivity contribution in [3.8, 4) is 22.5 Å². The second kappa shape index (κ2) is 18.8. The molecule has 0 saturated heterocycles. The quantitative estimate of drug-likeness (QED) is 0.129. The van der Waals surface area contributed by atoms with E-state index >= 15 is 0 Å². The van der Waals surface area contributed by atoms with E-state index in [-0.39, 0.29) is 0 Å². The third kappa shape index (κ3) is 8.15. The summed E-state index contributed by atoms with van der Waals surface area (Å²) in [5.41, 5.74) is 14.7. The minimum Gasteiger partial charge on any atom is -0.310 e. The maximum atomic E-state index is 5.62. The molecule has 0 amide bonds. The van der Waals surface area contributed by atoms with Crippen LogP contribution >= 0.6 is 0 Å². The van der Waals surface area contributed by atoms with Crippen molar-refractivity contribution in [3.63, 3.8) is 0 Å². The number of nitrogens with zero attached hydrogens (tertiary/aromatic N) is 5. The third-order valence-corrected chi connectivity index (χ3v) is 13.8. The lowest BCUT2D eigenvalue weighted by Gasteiger charge is -2.27. The van der Waals surface area contributed by atoms with E-state index in [1.165, 1.54) is 32.3 Å². The smallest absolute Gasteiger partial charge is 0.0973 e. The summed E-state index contributed by atoms with van der Waals surface area (Å²) in [6.45, 7) is 0. The van der Waals surface area contributed by atoms with Crippen LogP contribution in [0.5, 0.6) is 0 Å². The summed E-state index contributed by atoms with van der Waals surface area (Å²) in [4.78, 5) is 18.1. The number of anilines is 9. The van der Waals surface area contributed by atoms with Crippen molar-refractivity contribution in [1.29, 1.82) is 0 Å². The molecule has 1 aromatic heterocycles. The van der Waals surface area contributed by atoms with Gasteiger partial charge in [0.2, 0.25) is 0 Å². The van der Waals surface area contributed by atoms with E-state index in [1.54, 1.807) is 0 Å². The van der Waals surface area contributed by atoms with Gasteiger partial charge >= 0.3 is 0 Å². The van der Waals surface area contributed by atoms with Crippen LogP contribution in [-0.4, -0.2) is 9.97 Å². The molecule has 0 saturated carbocycles. The first-order valence-electron chi connectivity index (χ1n) is 24.7. The zero-order valence-corrected chi connectivity index (χ0v) is 39.9. The van der Waals surface area contributed by atoms with Crippen LogP contribution < -0.4 is 14.7 Å². The van der Waals surface area contributed by atoms with Crippen molar-refractivity contribution < 1.29 is 0 Å². The molecule has 12 aromatic carbocycles. The average molecular weight is 934 g/mol. The summed E-state index contributed by atoms with van der Waals surface area (Å²) >= 11 is 0. The van der Waals surface area contributed by atoms with E-state index in [0.29, 0.717) is 0 Å². The molecule has 0 spiro atoms. The molecule has 0 fully saturated rings. The highest BCUT2D eigenvalue weighted by Gasteiger charge is 2.22. The Hall–Kier alpha value is -9.84. The number of hydrogen-bond acceptors (Lipinski definition) is 5. The standard InChI is InChI=1S/C68H47N5/c1-4-25-53(26-5-1)71(64-34-16-22-48-19-10-13-31-59(48)64)56-41-37-51(38-42-56)67-68(52-39-43-57(44-40-52)72(54-27-6-2-7-28-54)65-35-17-23-49-20-11-14-32-60(49)65)70-63-47-58(45-46-62(63)69-67)73(55-29-8-3-9-30-55)66-36-18-24-50-21-12-15-33-61(50)66/h1-47H. The van der Waals surface area contributed by atoms with Crippen LogP contribution in [-0.2, 0) is 0 Å². The van der Waals surface area contributed by atoms with Crippen molar-refractivity contribution in [1.82, 2.24) is 9.97 Å².